The van der Waals surface area contributed by atoms with E-state index in [0.29, 0.717) is 28.2 Å². The number of nitrogens with zero attached hydrogens (tertiary/aromatic N) is 2. The third kappa shape index (κ3) is 7.87. The number of nitrogens with one attached hydrogen (secondary N) is 4. The quantitative estimate of drug-likeness (QED) is 0.241. The van der Waals surface area contributed by atoms with E-state index >= 15 is 0 Å². The van der Waals surface area contributed by atoms with Crippen molar-refractivity contribution in [3.63, 3.8) is 0 Å². The summed E-state index contributed by atoms with van der Waals surface area (Å²) in [5, 5.41) is 14.8. The van der Waals surface area contributed by atoms with Crippen LogP contribution in [0.4, 0.5) is 0 Å². The molecule has 0 spiro atoms. The third-order valence-electron chi connectivity index (χ3n) is 1.86. The SMILES string of the molecule is CNC(=S)N/N=C(C)/C(C)=N/NC(=S)NCC[NH3+]. The number of thiocarbonyl (C=S) groups is 2. The summed E-state index contributed by atoms with van der Waals surface area (Å²) in [4.78, 5) is 0. The molecule has 0 aromatic heterocycles. The van der Waals surface area contributed by atoms with Gasteiger partial charge in [-0.2, -0.15) is 10.2 Å². The van der Waals surface area contributed by atoms with E-state index in [9.17, 15) is 0 Å². The molecule has 0 amide bonds. The summed E-state index contributed by atoms with van der Waals surface area (Å²) in [6.45, 7) is 5.11. The highest BCUT2D eigenvalue weighted by molar-refractivity contribution is 7.80. The Morgan fingerprint density at radius 2 is 1.56 bits per heavy atom. The van der Waals surface area contributed by atoms with Crippen LogP contribution in [0.2, 0.25) is 0 Å². The minimum atomic E-state index is 0.447. The molecule has 0 atom stereocenters. The van der Waals surface area contributed by atoms with Gasteiger partial charge in [0.15, 0.2) is 10.2 Å². The highest BCUT2D eigenvalue weighted by Gasteiger charge is 1.98. The summed E-state index contributed by atoms with van der Waals surface area (Å²) in [7, 11) is 1.72. The maximum Gasteiger partial charge on any atom is 0.187 e. The fourth-order valence-corrected chi connectivity index (χ4v) is 0.922. The molecule has 0 saturated heterocycles. The Morgan fingerprint density at radius 3 is 2.00 bits per heavy atom. The molecular formula is C9H20N7S2+. The van der Waals surface area contributed by atoms with Crippen molar-refractivity contribution in [3.8, 4) is 0 Å². The number of quaternary nitrogens is 1. The molecule has 102 valence electrons. The van der Waals surface area contributed by atoms with E-state index in [1.54, 1.807) is 7.05 Å². The second-order valence-corrected chi connectivity index (χ2v) is 4.12. The van der Waals surface area contributed by atoms with Gasteiger partial charge in [0.2, 0.25) is 0 Å². The van der Waals surface area contributed by atoms with Crippen LogP contribution in [0.3, 0.4) is 0 Å². The Labute approximate surface area is 118 Å². The average molecular weight is 290 g/mol. The van der Waals surface area contributed by atoms with E-state index in [1.807, 2.05) is 13.8 Å². The fourth-order valence-electron chi connectivity index (χ4n) is 0.728. The van der Waals surface area contributed by atoms with Crippen LogP contribution in [0.15, 0.2) is 10.2 Å². The molecule has 0 aromatic rings. The van der Waals surface area contributed by atoms with Crippen molar-refractivity contribution < 1.29 is 5.73 Å². The van der Waals surface area contributed by atoms with Crippen molar-refractivity contribution in [3.05, 3.63) is 0 Å². The van der Waals surface area contributed by atoms with Crippen molar-refractivity contribution in [1.29, 1.82) is 0 Å². The van der Waals surface area contributed by atoms with Crippen LogP contribution >= 0.6 is 24.4 Å². The van der Waals surface area contributed by atoms with Crippen LogP contribution in [-0.4, -0.2) is 41.8 Å². The molecule has 0 fully saturated rings. The first-order valence-electron chi connectivity index (χ1n) is 5.41. The summed E-state index contributed by atoms with van der Waals surface area (Å²) in [6, 6.07) is 0. The molecule has 0 heterocycles. The van der Waals surface area contributed by atoms with Gasteiger partial charge < -0.3 is 16.4 Å². The van der Waals surface area contributed by atoms with Crippen LogP contribution in [0.1, 0.15) is 13.8 Å². The normalized spacial score (nSPS) is 11.8. The minimum absolute atomic E-state index is 0.447. The molecule has 7 N–H and O–H groups in total. The topological polar surface area (TPSA) is 100 Å². The lowest BCUT2D eigenvalue weighted by Crippen LogP contribution is -2.55. The summed E-state index contributed by atoms with van der Waals surface area (Å²) in [5.74, 6) is 0. The zero-order valence-corrected chi connectivity index (χ0v) is 12.5. The van der Waals surface area contributed by atoms with Crippen molar-refractivity contribution >= 4 is 46.1 Å². The summed E-state index contributed by atoms with van der Waals surface area (Å²) >= 11 is 9.90. The fraction of sp³-hybridized carbons (Fsp3) is 0.556. The molecule has 0 unspecified atom stereocenters. The van der Waals surface area contributed by atoms with Gasteiger partial charge in [-0.05, 0) is 38.3 Å². The summed E-state index contributed by atoms with van der Waals surface area (Å²) in [5.41, 5.74) is 10.5. The predicted molar refractivity (Wildman–Crippen MR) is 82.5 cm³/mol. The first-order chi connectivity index (χ1) is 8.51. The zero-order valence-electron chi connectivity index (χ0n) is 10.8. The summed E-state index contributed by atoms with van der Waals surface area (Å²) in [6.07, 6.45) is 0. The van der Waals surface area contributed by atoms with E-state index in [2.05, 4.69) is 37.4 Å². The minimum Gasteiger partial charge on any atom is -0.364 e. The van der Waals surface area contributed by atoms with Crippen molar-refractivity contribution in [2.45, 2.75) is 13.8 Å². The lowest BCUT2D eigenvalue weighted by Gasteiger charge is -2.06. The first kappa shape index (κ1) is 16.7. The number of hydrazone groups is 2. The van der Waals surface area contributed by atoms with E-state index < -0.39 is 0 Å². The average Bonchev–Trinajstić information content (AvgIpc) is 2.38. The van der Waals surface area contributed by atoms with Gasteiger partial charge in [-0.25, -0.2) is 0 Å². The van der Waals surface area contributed by atoms with E-state index in [4.69, 9.17) is 24.4 Å². The Kier molecular flexibility index (Phi) is 8.97. The van der Waals surface area contributed by atoms with Gasteiger partial charge in [-0.3, -0.25) is 10.9 Å². The number of hydrogen-bond donors (Lipinski definition) is 5. The van der Waals surface area contributed by atoms with Crippen LogP contribution in [0, 0.1) is 0 Å². The Bertz CT molecular complexity index is 351. The third-order valence-corrected chi connectivity index (χ3v) is 2.39. The molecule has 7 nitrogen and oxygen atoms in total. The lowest BCUT2D eigenvalue weighted by atomic mass is 10.3. The van der Waals surface area contributed by atoms with Crippen LogP contribution in [-0.2, 0) is 0 Å². The highest BCUT2D eigenvalue weighted by Crippen LogP contribution is 1.82. The van der Waals surface area contributed by atoms with Gasteiger partial charge in [0.05, 0.1) is 24.5 Å². The maximum atomic E-state index is 5.01. The van der Waals surface area contributed by atoms with E-state index in [1.165, 1.54) is 0 Å². The van der Waals surface area contributed by atoms with E-state index in [-0.39, 0.29) is 0 Å². The molecule has 0 aliphatic heterocycles. The lowest BCUT2D eigenvalue weighted by molar-refractivity contribution is -0.364. The zero-order chi connectivity index (χ0) is 14.0. The standard InChI is InChI=1S/C9H19N7S2/c1-6(13-15-8(17)11-3)7(2)14-16-9(18)12-5-4-10/h4-5,10H2,1-3H3,(H2,11,15,17)(H2,12,16,18)/p+1/b13-6+,14-7+. The second-order valence-electron chi connectivity index (χ2n) is 3.31. The van der Waals surface area contributed by atoms with Gasteiger partial charge in [-0.1, -0.05) is 0 Å². The van der Waals surface area contributed by atoms with Crippen LogP contribution in [0.5, 0.6) is 0 Å². The molecule has 18 heavy (non-hydrogen) atoms. The maximum absolute atomic E-state index is 5.01. The van der Waals surface area contributed by atoms with Crippen molar-refractivity contribution in [2.24, 2.45) is 10.2 Å². The molecule has 0 aromatic carbocycles. The van der Waals surface area contributed by atoms with Crippen LogP contribution in [0.25, 0.3) is 0 Å². The van der Waals surface area contributed by atoms with Crippen LogP contribution < -0.4 is 27.2 Å². The number of rotatable bonds is 5. The highest BCUT2D eigenvalue weighted by atomic mass is 32.1. The molecule has 0 rings (SSSR count). The first-order valence-corrected chi connectivity index (χ1v) is 6.22. The second kappa shape index (κ2) is 9.68. The van der Waals surface area contributed by atoms with Gasteiger partial charge in [0.25, 0.3) is 0 Å². The molecular weight excluding hydrogens is 270 g/mol. The van der Waals surface area contributed by atoms with Crippen molar-refractivity contribution in [2.75, 3.05) is 20.1 Å². The molecule has 0 bridgehead atoms. The van der Waals surface area contributed by atoms with Gasteiger partial charge >= 0.3 is 0 Å². The molecule has 0 aliphatic rings. The Balaban J connectivity index is 4.23. The number of hydrogen-bond acceptors (Lipinski definition) is 4. The molecule has 9 heteroatoms. The Hall–Kier alpha value is -1.32. The Morgan fingerprint density at radius 1 is 1.06 bits per heavy atom. The summed E-state index contributed by atoms with van der Waals surface area (Å²) < 4.78 is 0. The molecule has 0 radical (unpaired) electrons. The van der Waals surface area contributed by atoms with Gasteiger partial charge in [0, 0.05) is 7.05 Å². The molecule has 0 aliphatic carbocycles. The van der Waals surface area contributed by atoms with E-state index in [0.717, 1.165) is 6.54 Å². The monoisotopic (exact) mass is 290 g/mol. The molecule has 0 saturated carbocycles. The predicted octanol–water partition coefficient (Wildman–Crippen LogP) is -1.46. The van der Waals surface area contributed by atoms with Gasteiger partial charge in [0.1, 0.15) is 0 Å². The van der Waals surface area contributed by atoms with Gasteiger partial charge in [-0.15, -0.1) is 0 Å². The van der Waals surface area contributed by atoms with Crippen molar-refractivity contribution in [1.82, 2.24) is 21.5 Å². The smallest absolute Gasteiger partial charge is 0.187 e. The largest absolute Gasteiger partial charge is 0.364 e.